The van der Waals surface area contributed by atoms with Crippen LogP contribution in [0.1, 0.15) is 43.8 Å². The number of amides is 1. The molecule has 2 N–H and O–H groups in total. The van der Waals surface area contributed by atoms with Crippen molar-refractivity contribution >= 4 is 96.1 Å². The number of rotatable bonds is 5. The number of hydrogen-bond donors (Lipinski definition) is 2. The van der Waals surface area contributed by atoms with Crippen LogP contribution in [0.3, 0.4) is 0 Å². The van der Waals surface area contributed by atoms with E-state index in [4.69, 9.17) is 4.74 Å². The van der Waals surface area contributed by atoms with Crippen molar-refractivity contribution in [3.05, 3.63) is 104 Å². The van der Waals surface area contributed by atoms with Gasteiger partial charge >= 0.3 is 0 Å². The Morgan fingerprint density at radius 1 is 1.10 bits per heavy atom. The van der Waals surface area contributed by atoms with E-state index in [9.17, 15) is 14.7 Å². The number of benzene rings is 3. The van der Waals surface area contributed by atoms with Gasteiger partial charge in [-0.1, -0.05) is 29.5 Å². The summed E-state index contributed by atoms with van der Waals surface area (Å²) in [5, 5.41) is 21.8. The van der Waals surface area contributed by atoms with Gasteiger partial charge in [-0.2, -0.15) is 0 Å². The summed E-state index contributed by atoms with van der Waals surface area (Å²) in [6, 6.07) is 14.5. The molecule has 1 aromatic heterocycles. The quantitative estimate of drug-likeness (QED) is 0.168. The molecule has 1 aliphatic carbocycles. The number of Topliss-reactive ketones (excluding diaryl/α,β-unsaturated/α-hetero) is 1. The molecule has 0 saturated heterocycles. The van der Waals surface area contributed by atoms with Gasteiger partial charge in [0, 0.05) is 44.9 Å². The third-order valence-corrected chi connectivity index (χ3v) is 9.60. The van der Waals surface area contributed by atoms with Crippen LogP contribution in [-0.4, -0.2) is 38.8 Å². The van der Waals surface area contributed by atoms with Crippen LogP contribution in [0.4, 0.5) is 0 Å². The first-order valence-corrected chi connectivity index (χ1v) is 15.8. The van der Waals surface area contributed by atoms with Gasteiger partial charge in [0.25, 0.3) is 5.91 Å². The largest absolute Gasteiger partial charge is 0.506 e. The standard InChI is InChI=1S/C30H21I3N4O4/c1-14-9-19-25(20-11-16(31)12-21(32)28(20)41-29(19)26(33)27(14)39)18-6-4-3-5-17(18)24(38)13-37-23-10-15(30(40)34-2)7-8-22(23)35-36-37/h3-11,39H,12-13H2,1-2H3,(H,34,40). The van der Waals surface area contributed by atoms with Gasteiger partial charge < -0.3 is 15.2 Å². The van der Waals surface area contributed by atoms with Crippen LogP contribution < -0.4 is 10.1 Å². The lowest BCUT2D eigenvalue weighted by atomic mass is 9.84. The maximum atomic E-state index is 14.0. The Bertz CT molecular complexity index is 1910. The number of aromatic hydroxyl groups is 1. The number of aromatic nitrogens is 3. The number of nitrogens with zero attached hydrogens (tertiary/aromatic N) is 3. The van der Waals surface area contributed by atoms with Crippen molar-refractivity contribution in [2.75, 3.05) is 7.05 Å². The lowest BCUT2D eigenvalue weighted by molar-refractivity contribution is 0.0958. The molecule has 0 radical (unpaired) electrons. The van der Waals surface area contributed by atoms with E-state index < -0.39 is 0 Å². The van der Waals surface area contributed by atoms with E-state index in [1.54, 1.807) is 25.2 Å². The fourth-order valence-electron chi connectivity index (χ4n) is 5.05. The summed E-state index contributed by atoms with van der Waals surface area (Å²) in [5.41, 5.74) is 6.25. The van der Waals surface area contributed by atoms with Crippen molar-refractivity contribution in [2.24, 2.45) is 0 Å². The molecule has 41 heavy (non-hydrogen) atoms. The zero-order valence-electron chi connectivity index (χ0n) is 21.8. The fraction of sp³-hybridized carbons (Fsp3) is 0.133. The molecule has 0 spiro atoms. The van der Waals surface area contributed by atoms with Gasteiger partial charge in [-0.15, -0.1) is 5.10 Å². The second kappa shape index (κ2) is 11.1. The molecule has 0 fully saturated rings. The topological polar surface area (TPSA) is 106 Å². The Kier molecular flexibility index (Phi) is 7.69. The second-order valence-corrected chi connectivity index (χ2v) is 13.4. The number of allylic oxidation sites excluding steroid dienone is 3. The van der Waals surface area contributed by atoms with Crippen LogP contribution in [-0.2, 0) is 6.54 Å². The van der Waals surface area contributed by atoms with Crippen molar-refractivity contribution < 1.29 is 19.4 Å². The number of aryl methyl sites for hydroxylation is 1. The molecule has 8 nitrogen and oxygen atoms in total. The van der Waals surface area contributed by atoms with Crippen molar-refractivity contribution in [3.8, 4) is 11.5 Å². The van der Waals surface area contributed by atoms with Gasteiger partial charge in [0.2, 0.25) is 0 Å². The Balaban J connectivity index is 1.51. The molecule has 2 aliphatic rings. The fourth-order valence-corrected chi connectivity index (χ4v) is 8.11. The van der Waals surface area contributed by atoms with E-state index in [-0.39, 0.29) is 24.0 Å². The Morgan fingerprint density at radius 3 is 2.66 bits per heavy atom. The first-order chi connectivity index (χ1) is 19.7. The number of hydrogen-bond acceptors (Lipinski definition) is 6. The van der Waals surface area contributed by atoms with Crippen LogP contribution >= 0.6 is 67.8 Å². The normalized spacial score (nSPS) is 14.4. The molecular formula is C30H21I3N4O4. The number of carbonyl (C=O) groups is 2. The highest BCUT2D eigenvalue weighted by Crippen LogP contribution is 2.51. The maximum absolute atomic E-state index is 14.0. The Hall–Kier alpha value is -2.79. The molecular weight excluding hydrogens is 861 g/mol. The molecule has 0 bridgehead atoms. The van der Waals surface area contributed by atoms with E-state index in [2.05, 4.69) is 89.5 Å². The SMILES string of the molecule is CNC(=O)c1ccc2nnn(CC(=O)c3ccccc3C3=C4C=C(I)CC(I)=C4Oc4c3cc(C)c(O)c4I)c2c1. The summed E-state index contributed by atoms with van der Waals surface area (Å²) in [5.74, 6) is 1.11. The molecule has 2 heterocycles. The smallest absolute Gasteiger partial charge is 0.251 e. The molecule has 0 unspecified atom stereocenters. The summed E-state index contributed by atoms with van der Waals surface area (Å²) >= 11 is 6.77. The van der Waals surface area contributed by atoms with E-state index >= 15 is 0 Å². The Labute approximate surface area is 276 Å². The van der Waals surface area contributed by atoms with Crippen molar-refractivity contribution in [3.63, 3.8) is 0 Å². The molecule has 0 saturated carbocycles. The number of ether oxygens (including phenoxy) is 1. The van der Waals surface area contributed by atoms with E-state index in [1.807, 2.05) is 37.3 Å². The number of ketones is 1. The van der Waals surface area contributed by atoms with Gasteiger partial charge in [-0.3, -0.25) is 9.59 Å². The lowest BCUT2D eigenvalue weighted by Crippen LogP contribution is -2.18. The van der Waals surface area contributed by atoms with Crippen LogP contribution in [0.5, 0.6) is 11.5 Å². The van der Waals surface area contributed by atoms with Crippen LogP contribution in [0.2, 0.25) is 0 Å². The number of fused-ring (bicyclic) bond motifs is 3. The van der Waals surface area contributed by atoms with E-state index in [1.165, 1.54) is 4.68 Å². The molecule has 0 atom stereocenters. The van der Waals surface area contributed by atoms with Gasteiger partial charge in [0.15, 0.2) is 11.5 Å². The number of phenols is 1. The number of nitrogens with one attached hydrogen (secondary N) is 1. The summed E-state index contributed by atoms with van der Waals surface area (Å²) in [7, 11) is 1.57. The lowest BCUT2D eigenvalue weighted by Gasteiger charge is -2.30. The Morgan fingerprint density at radius 2 is 1.88 bits per heavy atom. The molecule has 4 aromatic rings. The highest BCUT2D eigenvalue weighted by atomic mass is 127. The van der Waals surface area contributed by atoms with Gasteiger partial charge in [0.05, 0.1) is 9.09 Å². The van der Waals surface area contributed by atoms with Gasteiger partial charge in [-0.05, 0) is 120 Å². The summed E-state index contributed by atoms with van der Waals surface area (Å²) < 4.78 is 10.8. The summed E-state index contributed by atoms with van der Waals surface area (Å²) in [4.78, 5) is 26.2. The van der Waals surface area contributed by atoms with E-state index in [0.29, 0.717) is 31.5 Å². The van der Waals surface area contributed by atoms with Gasteiger partial charge in [0.1, 0.15) is 23.6 Å². The minimum absolute atomic E-state index is 0.0591. The zero-order valence-corrected chi connectivity index (χ0v) is 28.2. The predicted octanol–water partition coefficient (Wildman–Crippen LogP) is 6.86. The molecule has 6 rings (SSSR count). The summed E-state index contributed by atoms with van der Waals surface area (Å²) in [6.45, 7) is 1.80. The maximum Gasteiger partial charge on any atom is 0.251 e. The first kappa shape index (κ1) is 28.3. The molecule has 3 aromatic carbocycles. The highest BCUT2D eigenvalue weighted by molar-refractivity contribution is 14.1. The highest BCUT2D eigenvalue weighted by Gasteiger charge is 2.33. The van der Waals surface area contributed by atoms with Gasteiger partial charge in [-0.25, -0.2) is 4.68 Å². The second-order valence-electron chi connectivity index (χ2n) is 9.62. The van der Waals surface area contributed by atoms with E-state index in [0.717, 1.165) is 47.2 Å². The summed E-state index contributed by atoms with van der Waals surface area (Å²) in [6.07, 6.45) is 2.87. The number of phenolic OH excluding ortho intramolecular Hbond substituents is 1. The minimum Gasteiger partial charge on any atom is -0.506 e. The van der Waals surface area contributed by atoms with Crippen LogP contribution in [0, 0.1) is 10.5 Å². The predicted molar refractivity (Wildman–Crippen MR) is 182 cm³/mol. The first-order valence-electron chi connectivity index (χ1n) is 12.6. The number of carbonyl (C=O) groups excluding carboxylic acids is 2. The number of halogens is 3. The van der Waals surface area contributed by atoms with Crippen LogP contribution in [0.15, 0.2) is 73.1 Å². The minimum atomic E-state index is -0.229. The van der Waals surface area contributed by atoms with Crippen molar-refractivity contribution in [1.29, 1.82) is 0 Å². The molecule has 1 amide bonds. The molecule has 1 aliphatic heterocycles. The van der Waals surface area contributed by atoms with Crippen molar-refractivity contribution in [2.45, 2.75) is 19.9 Å². The third kappa shape index (κ3) is 4.98. The van der Waals surface area contributed by atoms with Crippen molar-refractivity contribution in [1.82, 2.24) is 20.3 Å². The van der Waals surface area contributed by atoms with Crippen LogP contribution in [0.25, 0.3) is 16.6 Å². The average molecular weight is 882 g/mol. The monoisotopic (exact) mass is 882 g/mol. The average Bonchev–Trinajstić information content (AvgIpc) is 3.36. The third-order valence-electron chi connectivity index (χ3n) is 7.04. The zero-order chi connectivity index (χ0) is 29.0. The molecule has 206 valence electrons. The molecule has 11 heteroatoms.